The standard InChI is InChI=1S/C20H28N4O3/c1-14-4-6-17(7-5-14)24-13-16(11-18(24)25)20(27)23-10-2-3-15(12-23)19(26)22-9-8-21/h4-7,15-16H,2-3,8-13,21H2,1H3,(H,22,26). The first-order valence-electron chi connectivity index (χ1n) is 9.63. The Balaban J connectivity index is 1.61. The molecular formula is C20H28N4O3. The van der Waals surface area contributed by atoms with Crippen LogP contribution in [-0.4, -0.2) is 55.3 Å². The van der Waals surface area contributed by atoms with Crippen molar-refractivity contribution in [3.8, 4) is 0 Å². The minimum absolute atomic E-state index is 0.0192. The minimum Gasteiger partial charge on any atom is -0.355 e. The van der Waals surface area contributed by atoms with Crippen molar-refractivity contribution in [2.75, 3.05) is 37.6 Å². The molecule has 2 heterocycles. The van der Waals surface area contributed by atoms with E-state index in [0.717, 1.165) is 24.1 Å². The third kappa shape index (κ3) is 4.47. The van der Waals surface area contributed by atoms with E-state index in [4.69, 9.17) is 5.73 Å². The molecule has 2 saturated heterocycles. The van der Waals surface area contributed by atoms with Crippen LogP contribution in [0.1, 0.15) is 24.8 Å². The number of carbonyl (C=O) groups is 3. The maximum absolute atomic E-state index is 13.0. The number of nitrogens with one attached hydrogen (secondary N) is 1. The number of nitrogens with two attached hydrogens (primary N) is 1. The Labute approximate surface area is 159 Å². The highest BCUT2D eigenvalue weighted by molar-refractivity contribution is 6.00. The first-order valence-corrected chi connectivity index (χ1v) is 9.63. The number of amides is 3. The van der Waals surface area contributed by atoms with Gasteiger partial charge >= 0.3 is 0 Å². The number of rotatable bonds is 5. The van der Waals surface area contributed by atoms with Gasteiger partial charge in [0.15, 0.2) is 0 Å². The average molecular weight is 372 g/mol. The molecule has 0 aliphatic carbocycles. The molecule has 7 nitrogen and oxygen atoms in total. The second-order valence-corrected chi connectivity index (χ2v) is 7.44. The molecule has 2 aliphatic rings. The molecule has 2 aliphatic heterocycles. The van der Waals surface area contributed by atoms with Gasteiger partial charge in [-0.2, -0.15) is 0 Å². The highest BCUT2D eigenvalue weighted by Gasteiger charge is 2.39. The number of aryl methyl sites for hydroxylation is 1. The fraction of sp³-hybridized carbons (Fsp3) is 0.550. The first-order chi connectivity index (χ1) is 13.0. The van der Waals surface area contributed by atoms with Crippen LogP contribution in [0.4, 0.5) is 5.69 Å². The van der Waals surface area contributed by atoms with Crippen LogP contribution in [0.3, 0.4) is 0 Å². The van der Waals surface area contributed by atoms with Gasteiger partial charge in [-0.05, 0) is 31.9 Å². The van der Waals surface area contributed by atoms with Gasteiger partial charge in [-0.15, -0.1) is 0 Å². The molecule has 0 spiro atoms. The summed E-state index contributed by atoms with van der Waals surface area (Å²) < 4.78 is 0. The lowest BCUT2D eigenvalue weighted by Gasteiger charge is -2.33. The second kappa shape index (κ2) is 8.52. The highest BCUT2D eigenvalue weighted by atomic mass is 16.2. The fourth-order valence-corrected chi connectivity index (χ4v) is 3.84. The smallest absolute Gasteiger partial charge is 0.228 e. The van der Waals surface area contributed by atoms with Crippen LogP contribution in [-0.2, 0) is 14.4 Å². The number of hydrogen-bond acceptors (Lipinski definition) is 4. The van der Waals surface area contributed by atoms with Crippen molar-refractivity contribution in [1.29, 1.82) is 0 Å². The summed E-state index contributed by atoms with van der Waals surface area (Å²) in [6.45, 7) is 4.32. The molecule has 2 fully saturated rings. The van der Waals surface area contributed by atoms with Crippen molar-refractivity contribution < 1.29 is 14.4 Å². The van der Waals surface area contributed by atoms with Crippen LogP contribution < -0.4 is 16.0 Å². The van der Waals surface area contributed by atoms with E-state index in [9.17, 15) is 14.4 Å². The van der Waals surface area contributed by atoms with Crippen molar-refractivity contribution >= 4 is 23.4 Å². The van der Waals surface area contributed by atoms with E-state index >= 15 is 0 Å². The van der Waals surface area contributed by atoms with E-state index in [1.807, 2.05) is 31.2 Å². The number of nitrogens with zero attached hydrogens (tertiary/aromatic N) is 2. The molecular weight excluding hydrogens is 344 g/mol. The van der Waals surface area contributed by atoms with Gasteiger partial charge in [0.25, 0.3) is 0 Å². The molecule has 3 N–H and O–H groups in total. The molecule has 146 valence electrons. The number of anilines is 1. The number of likely N-dealkylation sites (tertiary alicyclic amines) is 1. The van der Waals surface area contributed by atoms with E-state index in [1.54, 1.807) is 9.80 Å². The third-order valence-corrected chi connectivity index (χ3v) is 5.37. The Morgan fingerprint density at radius 2 is 1.93 bits per heavy atom. The largest absolute Gasteiger partial charge is 0.355 e. The SMILES string of the molecule is Cc1ccc(N2CC(C(=O)N3CCCC(C(=O)NCCN)C3)CC2=O)cc1. The summed E-state index contributed by atoms with van der Waals surface area (Å²) in [4.78, 5) is 41.0. The van der Waals surface area contributed by atoms with Gasteiger partial charge in [0.05, 0.1) is 11.8 Å². The van der Waals surface area contributed by atoms with Crippen molar-refractivity contribution in [1.82, 2.24) is 10.2 Å². The molecule has 1 aromatic carbocycles. The van der Waals surface area contributed by atoms with Gasteiger partial charge in [-0.1, -0.05) is 17.7 Å². The normalized spacial score (nSPS) is 22.8. The average Bonchev–Trinajstić information content (AvgIpc) is 3.08. The van der Waals surface area contributed by atoms with Gasteiger partial charge in [0, 0.05) is 44.8 Å². The highest BCUT2D eigenvalue weighted by Crippen LogP contribution is 2.28. The molecule has 7 heteroatoms. The summed E-state index contributed by atoms with van der Waals surface area (Å²) in [6, 6.07) is 7.76. The van der Waals surface area contributed by atoms with Crippen LogP contribution in [0.2, 0.25) is 0 Å². The zero-order valence-electron chi connectivity index (χ0n) is 15.8. The zero-order valence-corrected chi connectivity index (χ0v) is 15.8. The summed E-state index contributed by atoms with van der Waals surface area (Å²) in [5.74, 6) is -0.619. The molecule has 2 unspecified atom stereocenters. The Hall–Kier alpha value is -2.41. The lowest BCUT2D eigenvalue weighted by molar-refractivity contribution is -0.139. The van der Waals surface area contributed by atoms with Gasteiger partial charge in [-0.25, -0.2) is 0 Å². The summed E-state index contributed by atoms with van der Waals surface area (Å²) >= 11 is 0. The molecule has 0 saturated carbocycles. The Bertz CT molecular complexity index is 704. The molecule has 2 atom stereocenters. The van der Waals surface area contributed by atoms with Crippen LogP contribution >= 0.6 is 0 Å². The first kappa shape index (κ1) is 19.4. The molecule has 0 radical (unpaired) electrons. The lowest BCUT2D eigenvalue weighted by Crippen LogP contribution is -2.48. The Kier molecular flexibility index (Phi) is 6.11. The van der Waals surface area contributed by atoms with Crippen molar-refractivity contribution in [3.05, 3.63) is 29.8 Å². The maximum atomic E-state index is 13.0. The van der Waals surface area contributed by atoms with E-state index < -0.39 is 0 Å². The summed E-state index contributed by atoms with van der Waals surface area (Å²) in [5.41, 5.74) is 7.39. The van der Waals surface area contributed by atoms with Crippen molar-refractivity contribution in [3.63, 3.8) is 0 Å². The maximum Gasteiger partial charge on any atom is 0.228 e. The summed E-state index contributed by atoms with van der Waals surface area (Å²) in [6.07, 6.45) is 1.81. The molecule has 0 bridgehead atoms. The molecule has 1 aromatic rings. The number of piperidine rings is 1. The van der Waals surface area contributed by atoms with Gasteiger partial charge < -0.3 is 20.9 Å². The van der Waals surface area contributed by atoms with E-state index in [-0.39, 0.29) is 36.0 Å². The quantitative estimate of drug-likeness (QED) is 0.794. The Morgan fingerprint density at radius 1 is 1.19 bits per heavy atom. The monoisotopic (exact) mass is 372 g/mol. The van der Waals surface area contributed by atoms with Gasteiger partial charge in [0.1, 0.15) is 0 Å². The second-order valence-electron chi connectivity index (χ2n) is 7.44. The number of carbonyl (C=O) groups excluding carboxylic acids is 3. The van der Waals surface area contributed by atoms with E-state index in [2.05, 4.69) is 5.32 Å². The third-order valence-electron chi connectivity index (χ3n) is 5.37. The Morgan fingerprint density at radius 3 is 2.63 bits per heavy atom. The summed E-state index contributed by atoms with van der Waals surface area (Å²) in [5, 5.41) is 2.81. The van der Waals surface area contributed by atoms with Crippen LogP contribution in [0.15, 0.2) is 24.3 Å². The molecule has 3 amide bonds. The fourth-order valence-electron chi connectivity index (χ4n) is 3.84. The number of hydrogen-bond donors (Lipinski definition) is 2. The molecule has 3 rings (SSSR count). The lowest BCUT2D eigenvalue weighted by atomic mass is 9.95. The molecule has 27 heavy (non-hydrogen) atoms. The number of benzene rings is 1. The summed E-state index contributed by atoms with van der Waals surface area (Å²) in [7, 11) is 0. The van der Waals surface area contributed by atoms with Crippen molar-refractivity contribution in [2.24, 2.45) is 17.6 Å². The minimum atomic E-state index is -0.343. The topological polar surface area (TPSA) is 95.7 Å². The van der Waals surface area contributed by atoms with E-state index in [1.165, 1.54) is 0 Å². The van der Waals surface area contributed by atoms with Gasteiger partial charge in [-0.3, -0.25) is 14.4 Å². The van der Waals surface area contributed by atoms with Crippen LogP contribution in [0.25, 0.3) is 0 Å². The zero-order chi connectivity index (χ0) is 19.4. The van der Waals surface area contributed by atoms with Crippen molar-refractivity contribution in [2.45, 2.75) is 26.2 Å². The van der Waals surface area contributed by atoms with Crippen LogP contribution in [0.5, 0.6) is 0 Å². The van der Waals surface area contributed by atoms with Gasteiger partial charge in [0.2, 0.25) is 17.7 Å². The van der Waals surface area contributed by atoms with Crippen LogP contribution in [0, 0.1) is 18.8 Å². The molecule has 0 aromatic heterocycles. The predicted octanol–water partition coefficient (Wildman–Crippen LogP) is 0.661. The van der Waals surface area contributed by atoms with E-state index in [0.29, 0.717) is 32.7 Å². The predicted molar refractivity (Wildman–Crippen MR) is 103 cm³/mol.